The number of benzene rings is 1. The van der Waals surface area contributed by atoms with E-state index in [4.69, 9.17) is 5.73 Å². The lowest BCUT2D eigenvalue weighted by Gasteiger charge is -2.11. The van der Waals surface area contributed by atoms with Crippen LogP contribution in [0.1, 0.15) is 43.8 Å². The number of hydrogen-bond donors (Lipinski definition) is 1. The van der Waals surface area contributed by atoms with Crippen LogP contribution in [0.4, 0.5) is 4.39 Å². The van der Waals surface area contributed by atoms with Crippen LogP contribution < -0.4 is 5.73 Å². The number of nitrogens with two attached hydrogens (primary N) is 1. The largest absolute Gasteiger partial charge is 0.324 e. The molecule has 3 nitrogen and oxygen atoms in total. The Kier molecular flexibility index (Phi) is 4.23. The van der Waals surface area contributed by atoms with E-state index in [1.165, 1.54) is 6.07 Å². The van der Waals surface area contributed by atoms with Gasteiger partial charge in [0.2, 0.25) is 0 Å². The molecule has 1 aromatic carbocycles. The summed E-state index contributed by atoms with van der Waals surface area (Å²) >= 11 is 0. The minimum Gasteiger partial charge on any atom is -0.324 e. The molecule has 1 unspecified atom stereocenters. The van der Waals surface area contributed by atoms with Gasteiger partial charge in [-0.3, -0.25) is 4.68 Å². The molecule has 1 aromatic heterocycles. The molecule has 108 valence electrons. The zero-order chi connectivity index (χ0) is 14.9. The third-order valence-electron chi connectivity index (χ3n) is 3.69. The van der Waals surface area contributed by atoms with Crippen LogP contribution in [0.2, 0.25) is 0 Å². The van der Waals surface area contributed by atoms with Crippen LogP contribution in [0.25, 0.3) is 11.1 Å². The van der Waals surface area contributed by atoms with Crippen molar-refractivity contribution in [3.8, 4) is 11.1 Å². The number of halogens is 1. The number of aromatic nitrogens is 2. The lowest BCUT2D eigenvalue weighted by molar-refractivity contribution is 0.629. The summed E-state index contributed by atoms with van der Waals surface area (Å²) in [5.74, 6) is -0.216. The zero-order valence-electron chi connectivity index (χ0n) is 12.6. The van der Waals surface area contributed by atoms with Crippen molar-refractivity contribution in [1.29, 1.82) is 0 Å². The van der Waals surface area contributed by atoms with Crippen LogP contribution in [0, 0.1) is 5.82 Å². The van der Waals surface area contributed by atoms with E-state index in [0.29, 0.717) is 5.56 Å². The molecule has 0 saturated carbocycles. The monoisotopic (exact) mass is 275 g/mol. The van der Waals surface area contributed by atoms with E-state index in [2.05, 4.69) is 12.0 Å². The molecule has 2 N–H and O–H groups in total. The quantitative estimate of drug-likeness (QED) is 0.929. The number of nitrogens with zero attached hydrogens (tertiary/aromatic N) is 2. The van der Waals surface area contributed by atoms with Crippen LogP contribution in [0.5, 0.6) is 0 Å². The van der Waals surface area contributed by atoms with Crippen LogP contribution in [0.15, 0.2) is 18.2 Å². The highest BCUT2D eigenvalue weighted by atomic mass is 19.1. The third kappa shape index (κ3) is 2.48. The maximum atomic E-state index is 14.3. The van der Waals surface area contributed by atoms with Gasteiger partial charge >= 0.3 is 0 Å². The Hall–Kier alpha value is -1.68. The minimum absolute atomic E-state index is 0.110. The molecule has 0 fully saturated rings. The average Bonchev–Trinajstić information content (AvgIpc) is 2.74. The van der Waals surface area contributed by atoms with Gasteiger partial charge in [0.1, 0.15) is 5.82 Å². The maximum Gasteiger partial charge on any atom is 0.131 e. The van der Waals surface area contributed by atoms with Crippen molar-refractivity contribution in [1.82, 2.24) is 9.78 Å². The lowest BCUT2D eigenvalue weighted by Crippen LogP contribution is -2.05. The summed E-state index contributed by atoms with van der Waals surface area (Å²) in [6, 6.07) is 4.99. The van der Waals surface area contributed by atoms with Crippen LogP contribution in [-0.4, -0.2) is 9.78 Å². The van der Waals surface area contributed by atoms with Crippen molar-refractivity contribution in [2.75, 3.05) is 0 Å². The molecular weight excluding hydrogens is 253 g/mol. The van der Waals surface area contributed by atoms with Crippen molar-refractivity contribution in [3.63, 3.8) is 0 Å². The Labute approximate surface area is 119 Å². The fourth-order valence-electron chi connectivity index (χ4n) is 2.60. The van der Waals surface area contributed by atoms with Crippen molar-refractivity contribution in [2.45, 2.75) is 39.7 Å². The molecule has 2 rings (SSSR count). The molecule has 0 spiro atoms. The van der Waals surface area contributed by atoms with E-state index >= 15 is 0 Å². The van der Waals surface area contributed by atoms with Crippen LogP contribution >= 0.6 is 0 Å². The molecule has 4 heteroatoms. The first-order valence-corrected chi connectivity index (χ1v) is 7.09. The molecule has 0 amide bonds. The molecule has 0 bridgehead atoms. The van der Waals surface area contributed by atoms with E-state index < -0.39 is 0 Å². The highest BCUT2D eigenvalue weighted by Gasteiger charge is 2.19. The summed E-state index contributed by atoms with van der Waals surface area (Å²) < 4.78 is 16.1. The Morgan fingerprint density at radius 2 is 2.00 bits per heavy atom. The summed E-state index contributed by atoms with van der Waals surface area (Å²) in [6.07, 6.45) is 1.60. The Balaban J connectivity index is 2.70. The summed E-state index contributed by atoms with van der Waals surface area (Å²) in [6.45, 7) is 6.01. The van der Waals surface area contributed by atoms with Gasteiger partial charge in [-0.25, -0.2) is 4.39 Å². The second kappa shape index (κ2) is 5.75. The van der Waals surface area contributed by atoms with Gasteiger partial charge in [0.25, 0.3) is 0 Å². The summed E-state index contributed by atoms with van der Waals surface area (Å²) in [5, 5.41) is 4.51. The van der Waals surface area contributed by atoms with Gasteiger partial charge in [-0.15, -0.1) is 0 Å². The highest BCUT2D eigenvalue weighted by Crippen LogP contribution is 2.32. The summed E-state index contributed by atoms with van der Waals surface area (Å²) in [5.41, 5.74) is 10.4. The summed E-state index contributed by atoms with van der Waals surface area (Å²) in [4.78, 5) is 0. The molecule has 0 saturated heterocycles. The smallest absolute Gasteiger partial charge is 0.131 e. The first kappa shape index (κ1) is 14.7. The topological polar surface area (TPSA) is 43.8 Å². The highest BCUT2D eigenvalue weighted by molar-refractivity contribution is 5.70. The molecule has 1 atom stereocenters. The average molecular weight is 275 g/mol. The Morgan fingerprint density at radius 3 is 2.55 bits per heavy atom. The van der Waals surface area contributed by atoms with Crippen molar-refractivity contribution in [2.24, 2.45) is 12.8 Å². The lowest BCUT2D eigenvalue weighted by atomic mass is 9.96. The van der Waals surface area contributed by atoms with Crippen molar-refractivity contribution in [3.05, 3.63) is 41.0 Å². The van der Waals surface area contributed by atoms with Gasteiger partial charge < -0.3 is 5.73 Å². The van der Waals surface area contributed by atoms with E-state index in [1.807, 2.05) is 31.6 Å². The van der Waals surface area contributed by atoms with Crippen molar-refractivity contribution >= 4 is 0 Å². The second-order valence-electron chi connectivity index (χ2n) is 5.13. The van der Waals surface area contributed by atoms with E-state index in [1.54, 1.807) is 6.07 Å². The Morgan fingerprint density at radius 1 is 1.30 bits per heavy atom. The van der Waals surface area contributed by atoms with Crippen molar-refractivity contribution < 1.29 is 4.39 Å². The normalized spacial score (nSPS) is 12.7. The van der Waals surface area contributed by atoms with E-state index in [0.717, 1.165) is 35.4 Å². The molecule has 20 heavy (non-hydrogen) atoms. The Bertz CT molecular complexity index is 614. The molecule has 2 aromatic rings. The summed E-state index contributed by atoms with van der Waals surface area (Å²) in [7, 11) is 1.91. The van der Waals surface area contributed by atoms with Crippen LogP contribution in [-0.2, 0) is 19.9 Å². The number of hydrogen-bond acceptors (Lipinski definition) is 2. The first-order chi connectivity index (χ1) is 9.49. The van der Waals surface area contributed by atoms with Gasteiger partial charge in [0.15, 0.2) is 0 Å². The fourth-order valence-corrected chi connectivity index (χ4v) is 2.60. The zero-order valence-corrected chi connectivity index (χ0v) is 12.6. The minimum atomic E-state index is -0.216. The second-order valence-corrected chi connectivity index (χ2v) is 5.13. The van der Waals surface area contributed by atoms with E-state index in [9.17, 15) is 4.39 Å². The third-order valence-corrected chi connectivity index (χ3v) is 3.69. The predicted molar refractivity (Wildman–Crippen MR) is 80.0 cm³/mol. The number of aryl methyl sites for hydroxylation is 2. The van der Waals surface area contributed by atoms with E-state index in [-0.39, 0.29) is 11.9 Å². The maximum absolute atomic E-state index is 14.3. The molecule has 1 heterocycles. The van der Waals surface area contributed by atoms with Gasteiger partial charge in [-0.1, -0.05) is 19.9 Å². The van der Waals surface area contributed by atoms with Gasteiger partial charge in [-0.05, 0) is 37.5 Å². The molecule has 0 aliphatic carbocycles. The number of rotatable bonds is 4. The molecular formula is C16H22FN3. The van der Waals surface area contributed by atoms with Gasteiger partial charge in [-0.2, -0.15) is 5.10 Å². The molecule has 0 aliphatic rings. The molecule has 0 aliphatic heterocycles. The first-order valence-electron chi connectivity index (χ1n) is 7.09. The molecule has 0 radical (unpaired) electrons. The van der Waals surface area contributed by atoms with Gasteiger partial charge in [0.05, 0.1) is 5.69 Å². The van der Waals surface area contributed by atoms with Crippen LogP contribution in [0.3, 0.4) is 0 Å². The predicted octanol–water partition coefficient (Wildman–Crippen LogP) is 3.37. The SMILES string of the molecule is CCc1nn(C)c(CC)c1-c1cc(C(C)N)ccc1F. The fraction of sp³-hybridized carbons (Fsp3) is 0.438. The standard InChI is InChI=1S/C16H22FN3/c1-5-14-16(15(6-2)20(4)19-14)12-9-11(10(3)18)7-8-13(12)17/h7-10H,5-6,18H2,1-4H3. The van der Waals surface area contributed by atoms with Gasteiger partial charge in [0, 0.05) is 29.9 Å².